The van der Waals surface area contributed by atoms with Crippen LogP contribution in [0.5, 0.6) is 0 Å². The molecule has 0 bridgehead atoms. The van der Waals surface area contributed by atoms with Gasteiger partial charge in [0.05, 0.1) is 11.7 Å². The zero-order valence-corrected chi connectivity index (χ0v) is 19.5. The van der Waals surface area contributed by atoms with Crippen LogP contribution in [0.2, 0.25) is 10.0 Å². The van der Waals surface area contributed by atoms with Crippen molar-refractivity contribution >= 4 is 39.1 Å². The Morgan fingerprint density at radius 1 is 1.13 bits per heavy atom. The fourth-order valence-corrected chi connectivity index (χ4v) is 6.06. The molecule has 2 aromatic rings. The van der Waals surface area contributed by atoms with E-state index in [0.717, 1.165) is 5.56 Å². The van der Waals surface area contributed by atoms with Crippen molar-refractivity contribution in [1.29, 1.82) is 0 Å². The van der Waals surface area contributed by atoms with Gasteiger partial charge in [0.25, 0.3) is 0 Å². The smallest absolute Gasteiger partial charge is 0.227 e. The van der Waals surface area contributed by atoms with Gasteiger partial charge in [0.2, 0.25) is 15.9 Å². The predicted molar refractivity (Wildman–Crippen MR) is 121 cm³/mol. The lowest BCUT2D eigenvalue weighted by Crippen LogP contribution is -2.46. The number of carbonyl (C=O) groups is 1. The minimum Gasteiger partial charge on any atom is -0.341 e. The number of aryl methyl sites for hydroxylation is 1. The molecule has 0 unspecified atom stereocenters. The highest BCUT2D eigenvalue weighted by Crippen LogP contribution is 2.29. The van der Waals surface area contributed by atoms with E-state index in [4.69, 9.17) is 23.2 Å². The Hall–Kier alpha value is -1.60. The Morgan fingerprint density at radius 3 is 2.40 bits per heavy atom. The van der Waals surface area contributed by atoms with Crippen LogP contribution in [0.1, 0.15) is 29.5 Å². The highest BCUT2D eigenvalue weighted by atomic mass is 35.5. The molecule has 30 heavy (non-hydrogen) atoms. The lowest BCUT2D eigenvalue weighted by atomic mass is 9.98. The summed E-state index contributed by atoms with van der Waals surface area (Å²) in [6.07, 6.45) is 1.32. The summed E-state index contributed by atoms with van der Waals surface area (Å²) in [7, 11) is -1.88. The van der Waals surface area contributed by atoms with Gasteiger partial charge in [-0.1, -0.05) is 59.1 Å². The van der Waals surface area contributed by atoms with Crippen molar-refractivity contribution in [3.8, 4) is 0 Å². The van der Waals surface area contributed by atoms with Crippen molar-refractivity contribution < 1.29 is 13.2 Å². The van der Waals surface area contributed by atoms with Gasteiger partial charge in [-0.05, 0) is 37.5 Å². The normalized spacial score (nSPS) is 17.7. The van der Waals surface area contributed by atoms with Crippen molar-refractivity contribution in [2.75, 3.05) is 20.1 Å². The molecule has 1 fully saturated rings. The van der Waals surface area contributed by atoms with Crippen LogP contribution in [0, 0.1) is 12.8 Å². The van der Waals surface area contributed by atoms with Gasteiger partial charge in [0, 0.05) is 42.3 Å². The predicted octanol–water partition coefficient (Wildman–Crippen LogP) is 4.50. The molecule has 0 radical (unpaired) electrons. The number of piperidine rings is 1. The number of nitrogens with zero attached hydrogens (tertiary/aromatic N) is 2. The Labute approximate surface area is 188 Å². The molecular weight excluding hydrogens is 443 g/mol. The lowest BCUT2D eigenvalue weighted by molar-refractivity contribution is -0.135. The number of amides is 1. The molecule has 0 aromatic heterocycles. The van der Waals surface area contributed by atoms with Crippen LogP contribution >= 0.6 is 23.2 Å². The minimum absolute atomic E-state index is 0.0359. The third kappa shape index (κ3) is 5.55. The molecule has 1 heterocycles. The van der Waals surface area contributed by atoms with Crippen LogP contribution < -0.4 is 0 Å². The zero-order chi connectivity index (χ0) is 21.9. The topological polar surface area (TPSA) is 57.7 Å². The fraction of sp³-hybridized carbons (Fsp3) is 0.409. The lowest BCUT2D eigenvalue weighted by Gasteiger charge is -2.33. The van der Waals surface area contributed by atoms with Crippen molar-refractivity contribution in [2.45, 2.75) is 32.1 Å². The van der Waals surface area contributed by atoms with E-state index in [1.807, 2.05) is 31.2 Å². The summed E-state index contributed by atoms with van der Waals surface area (Å²) in [6.45, 7) is 3.10. The number of rotatable bonds is 6. The summed E-state index contributed by atoms with van der Waals surface area (Å²) < 4.78 is 27.4. The van der Waals surface area contributed by atoms with E-state index in [2.05, 4.69) is 0 Å². The maximum Gasteiger partial charge on any atom is 0.227 e. The van der Waals surface area contributed by atoms with Crippen molar-refractivity contribution in [1.82, 2.24) is 9.21 Å². The number of carbonyl (C=O) groups excluding carboxylic acids is 1. The highest BCUT2D eigenvalue weighted by Gasteiger charge is 2.34. The standard InChI is InChI=1S/C22H26Cl2N2O3S/c1-16-8-10-17(11-9-16)13-25(2)22(27)18-5-4-12-26(14-18)30(28,29)15-19-20(23)6-3-7-21(19)24/h3,6-11,18H,4-5,12-15H2,1-2H3/t18-/m1/s1. The van der Waals surface area contributed by atoms with Gasteiger partial charge in [0.15, 0.2) is 0 Å². The molecular formula is C22H26Cl2N2O3S. The fourth-order valence-electron chi connectivity index (χ4n) is 3.70. The molecule has 5 nitrogen and oxygen atoms in total. The molecule has 0 saturated carbocycles. The Bertz CT molecular complexity index is 989. The van der Waals surface area contributed by atoms with Gasteiger partial charge in [-0.25, -0.2) is 12.7 Å². The van der Waals surface area contributed by atoms with E-state index in [0.29, 0.717) is 41.5 Å². The quantitative estimate of drug-likeness (QED) is 0.626. The van der Waals surface area contributed by atoms with Crippen molar-refractivity contribution in [3.63, 3.8) is 0 Å². The van der Waals surface area contributed by atoms with Gasteiger partial charge in [-0.2, -0.15) is 0 Å². The second kappa shape index (κ2) is 9.69. The Morgan fingerprint density at radius 2 is 1.77 bits per heavy atom. The number of benzene rings is 2. The van der Waals surface area contributed by atoms with Gasteiger partial charge in [0.1, 0.15) is 0 Å². The first-order valence-corrected chi connectivity index (χ1v) is 12.2. The maximum absolute atomic E-state index is 13.0. The summed E-state index contributed by atoms with van der Waals surface area (Å²) in [5.41, 5.74) is 2.61. The summed E-state index contributed by atoms with van der Waals surface area (Å²) in [5, 5.41) is 0.655. The van der Waals surface area contributed by atoms with Crippen LogP contribution in [-0.2, 0) is 27.1 Å². The molecule has 1 amide bonds. The van der Waals surface area contributed by atoms with E-state index >= 15 is 0 Å². The summed E-state index contributed by atoms with van der Waals surface area (Å²) in [5.74, 6) is -0.664. The molecule has 0 N–H and O–H groups in total. The molecule has 162 valence electrons. The van der Waals surface area contributed by atoms with E-state index in [1.54, 1.807) is 30.1 Å². The maximum atomic E-state index is 13.0. The van der Waals surface area contributed by atoms with E-state index in [-0.39, 0.29) is 24.1 Å². The minimum atomic E-state index is -3.64. The van der Waals surface area contributed by atoms with Crippen LogP contribution in [0.4, 0.5) is 0 Å². The van der Waals surface area contributed by atoms with Crippen LogP contribution in [0.15, 0.2) is 42.5 Å². The molecule has 0 aliphatic carbocycles. The van der Waals surface area contributed by atoms with Crippen LogP contribution in [0.3, 0.4) is 0 Å². The third-order valence-electron chi connectivity index (χ3n) is 5.43. The van der Waals surface area contributed by atoms with Crippen molar-refractivity contribution in [3.05, 3.63) is 69.2 Å². The Balaban J connectivity index is 1.67. The molecule has 1 aliphatic heterocycles. The van der Waals surface area contributed by atoms with Crippen LogP contribution in [0.25, 0.3) is 0 Å². The molecule has 8 heteroatoms. The largest absolute Gasteiger partial charge is 0.341 e. The number of sulfonamides is 1. The second-order valence-electron chi connectivity index (χ2n) is 7.83. The van der Waals surface area contributed by atoms with Gasteiger partial charge in [-0.3, -0.25) is 4.79 Å². The van der Waals surface area contributed by atoms with Gasteiger partial charge >= 0.3 is 0 Å². The third-order valence-corrected chi connectivity index (χ3v) is 7.91. The molecule has 1 atom stereocenters. The van der Waals surface area contributed by atoms with E-state index in [1.165, 1.54) is 9.87 Å². The monoisotopic (exact) mass is 468 g/mol. The second-order valence-corrected chi connectivity index (χ2v) is 10.6. The highest BCUT2D eigenvalue weighted by molar-refractivity contribution is 7.88. The molecule has 1 saturated heterocycles. The first kappa shape index (κ1) is 23.1. The first-order valence-electron chi connectivity index (χ1n) is 9.88. The van der Waals surface area contributed by atoms with Crippen LogP contribution in [-0.4, -0.2) is 43.7 Å². The Kier molecular flexibility index (Phi) is 7.45. The van der Waals surface area contributed by atoms with Gasteiger partial charge in [-0.15, -0.1) is 0 Å². The average molecular weight is 469 g/mol. The summed E-state index contributed by atoms with van der Waals surface area (Å²) in [4.78, 5) is 14.6. The van der Waals surface area contributed by atoms with E-state index < -0.39 is 10.0 Å². The SMILES string of the molecule is Cc1ccc(CN(C)C(=O)[C@@H]2CCCN(S(=O)(=O)Cc3c(Cl)cccc3Cl)C2)cc1. The summed E-state index contributed by atoms with van der Waals surface area (Å²) in [6, 6.07) is 13.0. The van der Waals surface area contributed by atoms with Gasteiger partial charge < -0.3 is 4.90 Å². The molecule has 0 spiro atoms. The average Bonchev–Trinajstić information content (AvgIpc) is 2.72. The molecule has 1 aliphatic rings. The number of halogens is 2. The molecule has 3 rings (SSSR count). The van der Waals surface area contributed by atoms with Crippen molar-refractivity contribution in [2.24, 2.45) is 5.92 Å². The number of hydrogen-bond acceptors (Lipinski definition) is 3. The van der Waals surface area contributed by atoms with E-state index in [9.17, 15) is 13.2 Å². The summed E-state index contributed by atoms with van der Waals surface area (Å²) >= 11 is 12.3. The number of hydrogen-bond donors (Lipinski definition) is 0. The first-order chi connectivity index (χ1) is 14.2. The zero-order valence-electron chi connectivity index (χ0n) is 17.1. The molecule has 2 aromatic carbocycles.